The summed E-state index contributed by atoms with van der Waals surface area (Å²) >= 11 is 0. The maximum absolute atomic E-state index is 13.1. The van der Waals surface area contributed by atoms with Gasteiger partial charge < -0.3 is 15.1 Å². The fraction of sp³-hybridized carbons (Fsp3) is 0.781. The Hall–Kier alpha value is -1.39. The van der Waals surface area contributed by atoms with Crippen LogP contribution in [0.15, 0.2) is 18.2 Å². The molecule has 198 valence electrons. The Labute approximate surface area is 217 Å². The summed E-state index contributed by atoms with van der Waals surface area (Å²) < 4.78 is 0. The van der Waals surface area contributed by atoms with Crippen molar-refractivity contribution in [2.24, 2.45) is 46.3 Å². The van der Waals surface area contributed by atoms with Crippen molar-refractivity contribution in [2.45, 2.75) is 111 Å². The highest BCUT2D eigenvalue weighted by molar-refractivity contribution is 5.97. The normalized spacial score (nSPS) is 44.1. The molecule has 2 N–H and O–H groups in total. The molecule has 4 fully saturated rings. The third-order valence-electron chi connectivity index (χ3n) is 12.5. The second kappa shape index (κ2) is 8.83. The lowest BCUT2D eigenvalue weighted by atomic mass is 9.43. The maximum Gasteiger partial charge on any atom is 0.227 e. The Bertz CT molecular complexity index is 1020. The lowest BCUT2D eigenvalue weighted by molar-refractivity contribution is -0.174. The third kappa shape index (κ3) is 3.64. The highest BCUT2D eigenvalue weighted by Gasteiger charge is 2.63. The van der Waals surface area contributed by atoms with Crippen LogP contribution >= 0.6 is 0 Å². The second-order valence-electron chi connectivity index (χ2n) is 14.0. The highest BCUT2D eigenvalue weighted by Crippen LogP contribution is 2.68. The Morgan fingerprint density at radius 1 is 1.08 bits per heavy atom. The average molecular weight is 494 g/mol. The van der Waals surface area contributed by atoms with Crippen molar-refractivity contribution in [3.8, 4) is 0 Å². The minimum atomic E-state index is -0.248. The average Bonchev–Trinajstić information content (AvgIpc) is 3.19. The number of amides is 1. The molecule has 6 rings (SSSR count). The topological polar surface area (TPSA) is 60.8 Å². The molecule has 1 heterocycles. The molecule has 4 nitrogen and oxygen atoms in total. The van der Waals surface area contributed by atoms with E-state index >= 15 is 0 Å². The van der Waals surface area contributed by atoms with Crippen LogP contribution in [0.5, 0.6) is 0 Å². The molecular weight excluding hydrogens is 446 g/mol. The van der Waals surface area contributed by atoms with Gasteiger partial charge in [-0.1, -0.05) is 38.5 Å². The van der Waals surface area contributed by atoms with Crippen molar-refractivity contribution in [3.63, 3.8) is 0 Å². The molecule has 5 aliphatic rings. The number of rotatable bonds is 4. The number of carbonyl (C=O) groups excluding carboxylic acids is 1. The van der Waals surface area contributed by atoms with Gasteiger partial charge >= 0.3 is 0 Å². The zero-order chi connectivity index (χ0) is 25.4. The highest BCUT2D eigenvalue weighted by atomic mass is 16.3. The van der Waals surface area contributed by atoms with E-state index in [0.717, 1.165) is 50.3 Å². The van der Waals surface area contributed by atoms with Crippen molar-refractivity contribution in [3.05, 3.63) is 29.3 Å². The van der Waals surface area contributed by atoms with Crippen molar-refractivity contribution < 1.29 is 15.0 Å². The van der Waals surface area contributed by atoms with E-state index in [4.69, 9.17) is 0 Å². The zero-order valence-corrected chi connectivity index (χ0v) is 22.9. The SMILES string of the molecule is Cc1ccc2c(c1)CN2C(=O)CC[C@@H](C)[C@H]1CC[C@H]2[C@@H]3CC[C@@H]4C[C@H](O)CC[C@]4(C)[C@H]3C[C@H](O)[C@]12C. The number of nitrogens with zero attached hydrogens (tertiary/aromatic N) is 1. The van der Waals surface area contributed by atoms with E-state index in [2.05, 4.69) is 45.9 Å². The number of fused-ring (bicyclic) bond motifs is 6. The number of carbonyl (C=O) groups is 1. The zero-order valence-electron chi connectivity index (χ0n) is 22.9. The first-order valence-corrected chi connectivity index (χ1v) is 14.9. The predicted octanol–water partition coefficient (Wildman–Crippen LogP) is 6.25. The molecule has 0 unspecified atom stereocenters. The molecule has 36 heavy (non-hydrogen) atoms. The number of hydrogen-bond donors (Lipinski definition) is 2. The largest absolute Gasteiger partial charge is 0.393 e. The van der Waals surface area contributed by atoms with E-state index in [0.29, 0.717) is 36.0 Å². The minimum absolute atomic E-state index is 0.0259. The summed E-state index contributed by atoms with van der Waals surface area (Å²) in [7, 11) is 0. The van der Waals surface area contributed by atoms with Gasteiger partial charge in [-0.05, 0) is 123 Å². The van der Waals surface area contributed by atoms with Crippen LogP contribution in [0.2, 0.25) is 0 Å². The fourth-order valence-corrected chi connectivity index (χ4v) is 10.3. The number of aliphatic hydroxyl groups excluding tert-OH is 2. The summed E-state index contributed by atoms with van der Waals surface area (Å²) in [5.74, 6) is 3.74. The molecule has 10 atom stereocenters. The summed E-state index contributed by atoms with van der Waals surface area (Å²) in [6, 6.07) is 6.39. The second-order valence-corrected chi connectivity index (χ2v) is 14.0. The van der Waals surface area contributed by atoms with Gasteiger partial charge in [0.2, 0.25) is 5.91 Å². The molecule has 1 aromatic rings. The van der Waals surface area contributed by atoms with Crippen LogP contribution in [0.1, 0.15) is 96.1 Å². The first-order chi connectivity index (χ1) is 17.1. The molecule has 0 spiro atoms. The number of aryl methyl sites for hydroxylation is 1. The van der Waals surface area contributed by atoms with Crippen molar-refractivity contribution in [1.29, 1.82) is 0 Å². The summed E-state index contributed by atoms with van der Waals surface area (Å²) in [5, 5.41) is 22.1. The van der Waals surface area contributed by atoms with Crippen LogP contribution < -0.4 is 4.90 Å². The number of hydrogen-bond acceptors (Lipinski definition) is 3. The molecule has 4 saturated carbocycles. The van der Waals surface area contributed by atoms with Gasteiger partial charge in [0.15, 0.2) is 0 Å². The summed E-state index contributed by atoms with van der Waals surface area (Å²) in [4.78, 5) is 15.0. The molecule has 4 aliphatic carbocycles. The van der Waals surface area contributed by atoms with Gasteiger partial charge in [0.05, 0.1) is 18.8 Å². The van der Waals surface area contributed by atoms with Crippen LogP contribution in [0.3, 0.4) is 0 Å². The molecule has 0 saturated heterocycles. The van der Waals surface area contributed by atoms with Gasteiger partial charge in [-0.2, -0.15) is 0 Å². The Kier molecular flexibility index (Phi) is 6.11. The van der Waals surface area contributed by atoms with Crippen LogP contribution in [0.4, 0.5) is 5.69 Å². The van der Waals surface area contributed by atoms with Gasteiger partial charge in [-0.3, -0.25) is 4.79 Å². The molecular formula is C32H47NO3. The number of benzene rings is 1. The van der Waals surface area contributed by atoms with E-state index in [1.165, 1.54) is 36.8 Å². The number of aliphatic hydroxyl groups is 2. The predicted molar refractivity (Wildman–Crippen MR) is 143 cm³/mol. The van der Waals surface area contributed by atoms with Crippen LogP contribution in [-0.2, 0) is 11.3 Å². The summed E-state index contributed by atoms with van der Waals surface area (Å²) in [6.45, 7) is 10.1. The monoisotopic (exact) mass is 493 g/mol. The summed E-state index contributed by atoms with van der Waals surface area (Å²) in [6.07, 6.45) is 10.1. The first kappa shape index (κ1) is 24.9. The van der Waals surface area contributed by atoms with Crippen molar-refractivity contribution in [2.75, 3.05) is 4.90 Å². The first-order valence-electron chi connectivity index (χ1n) is 14.9. The van der Waals surface area contributed by atoms with Gasteiger partial charge in [-0.25, -0.2) is 0 Å². The lowest BCUT2D eigenvalue weighted by Gasteiger charge is -2.62. The quantitative estimate of drug-likeness (QED) is 0.521. The standard InChI is InChI=1S/C32H47NO3/c1-19-5-11-28-21(15-19)18-33(28)30(36)12-6-20(2)25-9-10-26-24-8-7-22-16-23(34)13-14-31(22,3)27(24)17-29(35)32(25,26)4/h5,11,15,20,22-27,29,34-35H,6-10,12-14,16-18H2,1-4H3/t20-,22-,23-,24+,25-,26+,27+,29+,31+,32-/m1/s1. The minimum Gasteiger partial charge on any atom is -0.393 e. The van der Waals surface area contributed by atoms with E-state index in [1.807, 2.05) is 4.90 Å². The number of anilines is 1. The van der Waals surface area contributed by atoms with Crippen molar-refractivity contribution in [1.82, 2.24) is 0 Å². The van der Waals surface area contributed by atoms with Gasteiger partial charge in [-0.15, -0.1) is 0 Å². The van der Waals surface area contributed by atoms with Crippen LogP contribution in [0.25, 0.3) is 0 Å². The molecule has 1 amide bonds. The van der Waals surface area contributed by atoms with E-state index < -0.39 is 0 Å². The molecule has 0 aromatic heterocycles. The Morgan fingerprint density at radius 2 is 1.89 bits per heavy atom. The van der Waals surface area contributed by atoms with Gasteiger partial charge in [0, 0.05) is 12.1 Å². The maximum atomic E-state index is 13.1. The lowest BCUT2D eigenvalue weighted by Crippen LogP contribution is -2.58. The van der Waals surface area contributed by atoms with Crippen LogP contribution in [-0.4, -0.2) is 28.3 Å². The summed E-state index contributed by atoms with van der Waals surface area (Å²) in [5.41, 5.74) is 3.90. The van der Waals surface area contributed by atoms with E-state index in [9.17, 15) is 15.0 Å². The van der Waals surface area contributed by atoms with Gasteiger partial charge in [0.25, 0.3) is 0 Å². The fourth-order valence-electron chi connectivity index (χ4n) is 10.3. The molecule has 0 radical (unpaired) electrons. The smallest absolute Gasteiger partial charge is 0.227 e. The van der Waals surface area contributed by atoms with Crippen molar-refractivity contribution >= 4 is 11.6 Å². The van der Waals surface area contributed by atoms with E-state index in [1.54, 1.807) is 0 Å². The van der Waals surface area contributed by atoms with Crippen LogP contribution in [0, 0.1) is 53.3 Å². The third-order valence-corrected chi connectivity index (χ3v) is 12.5. The molecule has 1 aliphatic heterocycles. The van der Waals surface area contributed by atoms with E-state index in [-0.39, 0.29) is 28.9 Å². The Balaban J connectivity index is 1.13. The molecule has 4 heteroatoms. The Morgan fingerprint density at radius 3 is 2.67 bits per heavy atom. The molecule has 0 bridgehead atoms. The van der Waals surface area contributed by atoms with Gasteiger partial charge in [0.1, 0.15) is 0 Å². The molecule has 1 aromatic carbocycles.